The summed E-state index contributed by atoms with van der Waals surface area (Å²) in [5.41, 5.74) is 2.38. The van der Waals surface area contributed by atoms with Crippen LogP contribution >= 0.6 is 11.3 Å². The fraction of sp³-hybridized carbons (Fsp3) is 0.214. The zero-order valence-electron chi connectivity index (χ0n) is 11.1. The first-order valence-corrected chi connectivity index (χ1v) is 6.83. The van der Waals surface area contributed by atoms with Crippen LogP contribution < -0.4 is 5.32 Å². The van der Waals surface area contributed by atoms with Crippen LogP contribution in [-0.4, -0.2) is 28.5 Å². The van der Waals surface area contributed by atoms with Crippen molar-refractivity contribution in [3.8, 4) is 10.6 Å². The molecular formula is C14H14N2O3S. The molecule has 0 saturated carbocycles. The molecule has 1 heterocycles. The van der Waals surface area contributed by atoms with Crippen LogP contribution in [0, 0.1) is 13.8 Å². The molecule has 0 aliphatic heterocycles. The van der Waals surface area contributed by atoms with E-state index in [4.69, 9.17) is 5.11 Å². The number of carboxylic acids is 1. The highest BCUT2D eigenvalue weighted by Crippen LogP contribution is 2.27. The highest BCUT2D eigenvalue weighted by Gasteiger charge is 2.16. The molecule has 2 N–H and O–H groups in total. The molecule has 1 aromatic heterocycles. The standard InChI is InChI=1S/C14H14N2O3S/c1-8-3-5-10(6-4-8)14-16-12(9(2)20-14)13(19)15-7-11(17)18/h3-6H,7H2,1-2H3,(H,15,19)(H,17,18). The van der Waals surface area contributed by atoms with E-state index >= 15 is 0 Å². The van der Waals surface area contributed by atoms with Crippen molar-refractivity contribution in [2.75, 3.05) is 6.54 Å². The van der Waals surface area contributed by atoms with Crippen LogP contribution in [0.15, 0.2) is 24.3 Å². The summed E-state index contributed by atoms with van der Waals surface area (Å²) in [6.07, 6.45) is 0. The second-order valence-electron chi connectivity index (χ2n) is 4.37. The maximum atomic E-state index is 11.8. The Morgan fingerprint density at radius 1 is 1.25 bits per heavy atom. The Labute approximate surface area is 120 Å². The number of carboxylic acid groups (broad SMARTS) is 1. The summed E-state index contributed by atoms with van der Waals surface area (Å²) in [7, 11) is 0. The number of nitrogens with one attached hydrogen (secondary N) is 1. The topological polar surface area (TPSA) is 79.3 Å². The van der Waals surface area contributed by atoms with Crippen LogP contribution in [-0.2, 0) is 4.79 Å². The highest BCUT2D eigenvalue weighted by molar-refractivity contribution is 7.15. The van der Waals surface area contributed by atoms with Crippen molar-refractivity contribution in [2.24, 2.45) is 0 Å². The van der Waals surface area contributed by atoms with Crippen LogP contribution in [0.1, 0.15) is 20.9 Å². The molecule has 0 aliphatic carbocycles. The van der Waals surface area contributed by atoms with E-state index in [0.717, 1.165) is 21.0 Å². The Balaban J connectivity index is 2.23. The van der Waals surface area contributed by atoms with Crippen molar-refractivity contribution in [3.05, 3.63) is 40.4 Å². The smallest absolute Gasteiger partial charge is 0.322 e. The van der Waals surface area contributed by atoms with E-state index in [2.05, 4.69) is 10.3 Å². The predicted molar refractivity (Wildman–Crippen MR) is 77.0 cm³/mol. The van der Waals surface area contributed by atoms with Gasteiger partial charge in [0.1, 0.15) is 17.2 Å². The van der Waals surface area contributed by atoms with Crippen molar-refractivity contribution in [2.45, 2.75) is 13.8 Å². The van der Waals surface area contributed by atoms with Gasteiger partial charge in [0.15, 0.2) is 0 Å². The Hall–Kier alpha value is -2.21. The summed E-state index contributed by atoms with van der Waals surface area (Å²) >= 11 is 1.42. The molecule has 20 heavy (non-hydrogen) atoms. The van der Waals surface area contributed by atoms with Crippen LogP contribution in [0.2, 0.25) is 0 Å². The molecule has 0 unspecified atom stereocenters. The van der Waals surface area contributed by atoms with E-state index in [-0.39, 0.29) is 5.69 Å². The third kappa shape index (κ3) is 3.21. The van der Waals surface area contributed by atoms with E-state index < -0.39 is 18.4 Å². The van der Waals surface area contributed by atoms with Gasteiger partial charge in [-0.05, 0) is 13.8 Å². The van der Waals surface area contributed by atoms with Gasteiger partial charge < -0.3 is 10.4 Å². The molecule has 6 heteroatoms. The molecule has 0 bridgehead atoms. The lowest BCUT2D eigenvalue weighted by Crippen LogP contribution is -2.29. The van der Waals surface area contributed by atoms with Crippen molar-refractivity contribution >= 4 is 23.2 Å². The first-order chi connectivity index (χ1) is 9.47. The summed E-state index contributed by atoms with van der Waals surface area (Å²) in [6.45, 7) is 3.39. The van der Waals surface area contributed by atoms with E-state index in [9.17, 15) is 9.59 Å². The number of thiazole rings is 1. The van der Waals surface area contributed by atoms with Gasteiger partial charge in [-0.2, -0.15) is 0 Å². The van der Waals surface area contributed by atoms with Crippen molar-refractivity contribution < 1.29 is 14.7 Å². The predicted octanol–water partition coefficient (Wildman–Crippen LogP) is 2.24. The molecule has 0 atom stereocenters. The van der Waals surface area contributed by atoms with Gasteiger partial charge in [0.05, 0.1) is 0 Å². The molecule has 0 aliphatic rings. The van der Waals surface area contributed by atoms with E-state index in [1.165, 1.54) is 11.3 Å². The van der Waals surface area contributed by atoms with Crippen LogP contribution in [0.25, 0.3) is 10.6 Å². The summed E-state index contributed by atoms with van der Waals surface area (Å²) in [5, 5.41) is 11.6. The zero-order valence-corrected chi connectivity index (χ0v) is 12.0. The zero-order chi connectivity index (χ0) is 14.7. The van der Waals surface area contributed by atoms with E-state index in [1.54, 1.807) is 6.92 Å². The first kappa shape index (κ1) is 14.2. The normalized spacial score (nSPS) is 10.3. The maximum Gasteiger partial charge on any atom is 0.322 e. The van der Waals surface area contributed by atoms with Crippen LogP contribution in [0.5, 0.6) is 0 Å². The summed E-state index contributed by atoms with van der Waals surface area (Å²) < 4.78 is 0. The number of carbonyl (C=O) groups excluding carboxylic acids is 1. The molecule has 0 fully saturated rings. The van der Waals surface area contributed by atoms with Crippen molar-refractivity contribution in [3.63, 3.8) is 0 Å². The van der Waals surface area contributed by atoms with Gasteiger partial charge in [-0.1, -0.05) is 29.8 Å². The largest absolute Gasteiger partial charge is 0.480 e. The lowest BCUT2D eigenvalue weighted by Gasteiger charge is -1.99. The average Bonchev–Trinajstić information content (AvgIpc) is 2.79. The monoisotopic (exact) mass is 290 g/mol. The van der Waals surface area contributed by atoms with Gasteiger partial charge in [0.25, 0.3) is 5.91 Å². The average molecular weight is 290 g/mol. The third-order valence-electron chi connectivity index (χ3n) is 2.71. The van der Waals surface area contributed by atoms with Crippen molar-refractivity contribution in [1.29, 1.82) is 0 Å². The van der Waals surface area contributed by atoms with Gasteiger partial charge in [0.2, 0.25) is 0 Å². The Bertz CT molecular complexity index is 647. The minimum Gasteiger partial charge on any atom is -0.480 e. The number of aliphatic carboxylic acids is 1. The Kier molecular flexibility index (Phi) is 4.14. The molecule has 0 spiro atoms. The number of amides is 1. The van der Waals surface area contributed by atoms with Gasteiger partial charge in [0, 0.05) is 10.4 Å². The number of rotatable bonds is 4. The number of aromatic nitrogens is 1. The van der Waals surface area contributed by atoms with Gasteiger partial charge in [-0.15, -0.1) is 11.3 Å². The molecule has 2 aromatic rings. The second-order valence-corrected chi connectivity index (χ2v) is 5.57. The number of nitrogens with zero attached hydrogens (tertiary/aromatic N) is 1. The summed E-state index contributed by atoms with van der Waals surface area (Å²) in [5.74, 6) is -1.54. The minimum absolute atomic E-state index is 0.284. The number of carbonyl (C=O) groups is 2. The Morgan fingerprint density at radius 2 is 1.90 bits per heavy atom. The number of benzene rings is 1. The number of hydrogen-bond acceptors (Lipinski definition) is 4. The fourth-order valence-electron chi connectivity index (χ4n) is 1.67. The number of aryl methyl sites for hydroxylation is 2. The molecule has 1 amide bonds. The summed E-state index contributed by atoms with van der Waals surface area (Å²) in [6, 6.07) is 7.87. The van der Waals surface area contributed by atoms with E-state index in [0.29, 0.717) is 0 Å². The lowest BCUT2D eigenvalue weighted by atomic mass is 10.2. The molecule has 2 rings (SSSR count). The van der Waals surface area contributed by atoms with Crippen molar-refractivity contribution in [1.82, 2.24) is 10.3 Å². The molecule has 104 valence electrons. The first-order valence-electron chi connectivity index (χ1n) is 6.02. The summed E-state index contributed by atoms with van der Waals surface area (Å²) in [4.78, 5) is 27.4. The van der Waals surface area contributed by atoms with Crippen LogP contribution in [0.4, 0.5) is 0 Å². The molecule has 5 nitrogen and oxygen atoms in total. The minimum atomic E-state index is -1.08. The van der Waals surface area contributed by atoms with Gasteiger partial charge >= 0.3 is 5.97 Å². The quantitative estimate of drug-likeness (QED) is 0.905. The van der Waals surface area contributed by atoms with Gasteiger partial charge in [-0.25, -0.2) is 4.98 Å². The SMILES string of the molecule is Cc1ccc(-c2nc(C(=O)NCC(=O)O)c(C)s2)cc1. The van der Waals surface area contributed by atoms with E-state index in [1.807, 2.05) is 31.2 Å². The molecule has 1 aromatic carbocycles. The lowest BCUT2D eigenvalue weighted by molar-refractivity contribution is -0.135. The molecule has 0 radical (unpaired) electrons. The highest BCUT2D eigenvalue weighted by atomic mass is 32.1. The second kappa shape index (κ2) is 5.83. The number of hydrogen-bond donors (Lipinski definition) is 2. The fourth-order valence-corrected chi connectivity index (χ4v) is 2.58. The van der Waals surface area contributed by atoms with Gasteiger partial charge in [-0.3, -0.25) is 9.59 Å². The molecule has 0 saturated heterocycles. The molecular weight excluding hydrogens is 276 g/mol. The third-order valence-corrected chi connectivity index (χ3v) is 3.73. The maximum absolute atomic E-state index is 11.8. The Morgan fingerprint density at radius 3 is 2.50 bits per heavy atom. The van der Waals surface area contributed by atoms with Crippen LogP contribution in [0.3, 0.4) is 0 Å².